The van der Waals surface area contributed by atoms with E-state index in [0.717, 1.165) is 28.7 Å². The third-order valence-corrected chi connectivity index (χ3v) is 3.75. The van der Waals surface area contributed by atoms with Gasteiger partial charge in [-0.2, -0.15) is 0 Å². The average molecular weight is 289 g/mol. The van der Waals surface area contributed by atoms with Crippen LogP contribution in [0, 0.1) is 0 Å². The molecule has 0 fully saturated rings. The SMILES string of the molecule is CCc1cc(=O)oc2c3c(ccc12)OCN(C[C@H](C)O)C3. The largest absolute Gasteiger partial charge is 0.478 e. The molecule has 0 bridgehead atoms. The predicted octanol–water partition coefficient (Wildman–Crippen LogP) is 1.89. The summed E-state index contributed by atoms with van der Waals surface area (Å²) in [7, 11) is 0. The highest BCUT2D eigenvalue weighted by Crippen LogP contribution is 2.33. The Labute approximate surface area is 122 Å². The number of aliphatic hydroxyl groups is 1. The molecule has 0 unspecified atom stereocenters. The number of aliphatic hydroxyl groups excluding tert-OH is 1. The van der Waals surface area contributed by atoms with Crippen LogP contribution in [0.1, 0.15) is 25.0 Å². The fourth-order valence-electron chi connectivity index (χ4n) is 2.83. The Morgan fingerprint density at radius 1 is 1.43 bits per heavy atom. The molecule has 1 aliphatic heterocycles. The Morgan fingerprint density at radius 2 is 2.24 bits per heavy atom. The second-order valence-corrected chi connectivity index (χ2v) is 5.50. The Morgan fingerprint density at radius 3 is 2.95 bits per heavy atom. The minimum Gasteiger partial charge on any atom is -0.478 e. The molecule has 112 valence electrons. The lowest BCUT2D eigenvalue weighted by Gasteiger charge is -2.30. The van der Waals surface area contributed by atoms with Crippen molar-refractivity contribution in [2.75, 3.05) is 13.3 Å². The molecule has 5 nitrogen and oxygen atoms in total. The van der Waals surface area contributed by atoms with Gasteiger partial charge in [0.2, 0.25) is 0 Å². The number of nitrogens with zero attached hydrogens (tertiary/aromatic N) is 1. The third kappa shape index (κ3) is 2.66. The molecule has 0 saturated heterocycles. The van der Waals surface area contributed by atoms with Crippen molar-refractivity contribution in [2.24, 2.45) is 0 Å². The van der Waals surface area contributed by atoms with E-state index >= 15 is 0 Å². The maximum Gasteiger partial charge on any atom is 0.336 e. The van der Waals surface area contributed by atoms with Gasteiger partial charge in [0.15, 0.2) is 0 Å². The summed E-state index contributed by atoms with van der Waals surface area (Å²) in [5, 5.41) is 10.5. The number of aryl methyl sites for hydroxylation is 1. The van der Waals surface area contributed by atoms with E-state index in [1.165, 1.54) is 0 Å². The fraction of sp³-hybridized carbons (Fsp3) is 0.438. The molecule has 0 aliphatic carbocycles. The molecule has 1 atom stereocenters. The molecule has 1 aromatic carbocycles. The molecule has 0 amide bonds. The van der Waals surface area contributed by atoms with Crippen LogP contribution < -0.4 is 10.4 Å². The van der Waals surface area contributed by atoms with Gasteiger partial charge < -0.3 is 14.3 Å². The predicted molar refractivity (Wildman–Crippen MR) is 79.4 cm³/mol. The van der Waals surface area contributed by atoms with Gasteiger partial charge in [-0.15, -0.1) is 0 Å². The van der Waals surface area contributed by atoms with Crippen molar-refractivity contribution in [1.29, 1.82) is 0 Å². The van der Waals surface area contributed by atoms with Crippen LogP contribution in [0.3, 0.4) is 0 Å². The van der Waals surface area contributed by atoms with Gasteiger partial charge in [0.05, 0.1) is 11.7 Å². The summed E-state index contributed by atoms with van der Waals surface area (Å²) < 4.78 is 11.1. The summed E-state index contributed by atoms with van der Waals surface area (Å²) >= 11 is 0. The van der Waals surface area contributed by atoms with Crippen LogP contribution in [0.4, 0.5) is 0 Å². The summed E-state index contributed by atoms with van der Waals surface area (Å²) in [6.45, 7) is 5.32. The number of β-amino-alcohol motifs (C(OH)–C–C–N with tert-alkyl or cyclic N) is 1. The molecule has 0 radical (unpaired) electrons. The van der Waals surface area contributed by atoms with Gasteiger partial charge in [0.1, 0.15) is 18.1 Å². The number of hydrogen-bond donors (Lipinski definition) is 1. The molecule has 2 heterocycles. The Balaban J connectivity index is 2.11. The van der Waals surface area contributed by atoms with Gasteiger partial charge in [-0.25, -0.2) is 4.79 Å². The molecular weight excluding hydrogens is 270 g/mol. The van der Waals surface area contributed by atoms with E-state index in [0.29, 0.717) is 25.4 Å². The van der Waals surface area contributed by atoms with Crippen molar-refractivity contribution in [3.63, 3.8) is 0 Å². The first-order valence-corrected chi connectivity index (χ1v) is 7.20. The van der Waals surface area contributed by atoms with Crippen LogP contribution in [0.5, 0.6) is 5.75 Å². The number of rotatable bonds is 3. The molecule has 21 heavy (non-hydrogen) atoms. The van der Waals surface area contributed by atoms with Gasteiger partial charge in [0, 0.05) is 24.5 Å². The first-order valence-electron chi connectivity index (χ1n) is 7.20. The van der Waals surface area contributed by atoms with Crippen molar-refractivity contribution in [1.82, 2.24) is 4.90 Å². The number of fused-ring (bicyclic) bond motifs is 3. The van der Waals surface area contributed by atoms with Crippen LogP contribution in [0.15, 0.2) is 27.4 Å². The zero-order valence-corrected chi connectivity index (χ0v) is 12.3. The normalized spacial score (nSPS) is 16.5. The fourth-order valence-corrected chi connectivity index (χ4v) is 2.83. The first-order chi connectivity index (χ1) is 10.1. The quantitative estimate of drug-likeness (QED) is 0.874. The lowest BCUT2D eigenvalue weighted by Crippen LogP contribution is -2.36. The molecule has 0 saturated carbocycles. The minimum atomic E-state index is -0.427. The summed E-state index contributed by atoms with van der Waals surface area (Å²) in [4.78, 5) is 13.7. The molecular formula is C16H19NO4. The Kier molecular flexibility index (Phi) is 3.69. The summed E-state index contributed by atoms with van der Waals surface area (Å²) in [5.41, 5.74) is 2.14. The van der Waals surface area contributed by atoms with Gasteiger partial charge >= 0.3 is 5.63 Å². The molecule has 1 N–H and O–H groups in total. The molecule has 2 aromatic rings. The van der Waals surface area contributed by atoms with Gasteiger partial charge in [-0.1, -0.05) is 6.92 Å². The van der Waals surface area contributed by atoms with E-state index in [-0.39, 0.29) is 5.63 Å². The van der Waals surface area contributed by atoms with Crippen molar-refractivity contribution < 1.29 is 14.3 Å². The van der Waals surface area contributed by atoms with E-state index in [1.807, 2.05) is 24.0 Å². The highest BCUT2D eigenvalue weighted by molar-refractivity contribution is 5.85. The number of ether oxygens (including phenoxy) is 1. The maximum absolute atomic E-state index is 11.7. The van der Waals surface area contributed by atoms with E-state index in [1.54, 1.807) is 13.0 Å². The van der Waals surface area contributed by atoms with Crippen molar-refractivity contribution in [3.8, 4) is 5.75 Å². The highest BCUT2D eigenvalue weighted by Gasteiger charge is 2.22. The average Bonchev–Trinajstić information content (AvgIpc) is 2.45. The molecule has 0 spiro atoms. The second kappa shape index (κ2) is 5.50. The van der Waals surface area contributed by atoms with E-state index in [9.17, 15) is 9.90 Å². The van der Waals surface area contributed by atoms with Crippen molar-refractivity contribution >= 4 is 11.0 Å². The van der Waals surface area contributed by atoms with Gasteiger partial charge in [0.25, 0.3) is 0 Å². The lowest BCUT2D eigenvalue weighted by atomic mass is 10.0. The monoisotopic (exact) mass is 289 g/mol. The highest BCUT2D eigenvalue weighted by atomic mass is 16.5. The Hall–Kier alpha value is -1.85. The van der Waals surface area contributed by atoms with Gasteiger partial charge in [-0.3, -0.25) is 4.90 Å². The summed E-state index contributed by atoms with van der Waals surface area (Å²) in [6.07, 6.45) is 0.349. The molecule has 5 heteroatoms. The van der Waals surface area contributed by atoms with Crippen LogP contribution in [0.25, 0.3) is 11.0 Å². The Bertz CT molecular complexity index is 720. The minimum absolute atomic E-state index is 0.333. The third-order valence-electron chi connectivity index (χ3n) is 3.75. The number of benzene rings is 1. The van der Waals surface area contributed by atoms with E-state index < -0.39 is 6.10 Å². The zero-order chi connectivity index (χ0) is 15.0. The van der Waals surface area contributed by atoms with E-state index in [4.69, 9.17) is 9.15 Å². The second-order valence-electron chi connectivity index (χ2n) is 5.50. The zero-order valence-electron chi connectivity index (χ0n) is 12.3. The molecule has 3 rings (SSSR count). The standard InChI is InChI=1S/C16H19NO4/c1-3-11-6-15(19)21-16-12(11)4-5-14-13(16)8-17(9-20-14)7-10(2)18/h4-6,10,18H,3,7-9H2,1-2H3/t10-/m0/s1. The van der Waals surface area contributed by atoms with Crippen LogP contribution >= 0.6 is 0 Å². The van der Waals surface area contributed by atoms with Crippen LogP contribution in [-0.4, -0.2) is 29.4 Å². The lowest BCUT2D eigenvalue weighted by molar-refractivity contribution is 0.0503. The first kappa shape index (κ1) is 14.1. The molecule has 1 aliphatic rings. The smallest absolute Gasteiger partial charge is 0.336 e. The van der Waals surface area contributed by atoms with Crippen LogP contribution in [-0.2, 0) is 13.0 Å². The maximum atomic E-state index is 11.7. The summed E-state index contributed by atoms with van der Waals surface area (Å²) in [6, 6.07) is 5.42. The topological polar surface area (TPSA) is 62.9 Å². The van der Waals surface area contributed by atoms with Crippen molar-refractivity contribution in [2.45, 2.75) is 32.9 Å². The summed E-state index contributed by atoms with van der Waals surface area (Å²) in [5.74, 6) is 0.751. The van der Waals surface area contributed by atoms with Crippen LogP contribution in [0.2, 0.25) is 0 Å². The van der Waals surface area contributed by atoms with Gasteiger partial charge in [-0.05, 0) is 31.0 Å². The molecule has 1 aromatic heterocycles. The van der Waals surface area contributed by atoms with E-state index in [2.05, 4.69) is 0 Å². The number of hydrogen-bond acceptors (Lipinski definition) is 5. The van der Waals surface area contributed by atoms with Crippen molar-refractivity contribution in [3.05, 3.63) is 39.7 Å².